The quantitative estimate of drug-likeness (QED) is 0.823. The van der Waals surface area contributed by atoms with Gasteiger partial charge >= 0.3 is 0 Å². The average molecular weight is 243 g/mol. The average Bonchev–Trinajstić information content (AvgIpc) is 2.65. The van der Waals surface area contributed by atoms with Crippen LogP contribution in [0, 0.1) is 0 Å². The number of benzene rings is 1. The minimum Gasteiger partial charge on any atom is -0.399 e. The Morgan fingerprint density at radius 3 is 2.94 bits per heavy atom. The summed E-state index contributed by atoms with van der Waals surface area (Å²) < 4.78 is 5.34. The molecule has 2 N–H and O–H groups in total. The Morgan fingerprint density at radius 2 is 2.31 bits per heavy atom. The normalized spacial score (nSPS) is 20.7. The van der Waals surface area contributed by atoms with Crippen molar-refractivity contribution in [2.24, 2.45) is 0 Å². The first kappa shape index (κ1) is 13.3. The lowest BCUT2D eigenvalue weighted by Crippen LogP contribution is -2.22. The van der Waals surface area contributed by atoms with Gasteiger partial charge < -0.3 is 10.5 Å². The maximum absolute atomic E-state index is 5.74. The Morgan fingerprint density at radius 1 is 1.50 bits per heavy atom. The van der Waals surface area contributed by atoms with E-state index in [0.717, 1.165) is 31.7 Å². The van der Waals surface area contributed by atoms with E-state index in [-0.39, 0.29) is 12.4 Å². The second kappa shape index (κ2) is 6.09. The van der Waals surface area contributed by atoms with Crippen LogP contribution in [0.4, 0.5) is 5.69 Å². The number of hydrogen-bond donors (Lipinski definition) is 1. The van der Waals surface area contributed by atoms with Crippen molar-refractivity contribution in [3.63, 3.8) is 0 Å². The van der Waals surface area contributed by atoms with Gasteiger partial charge in [0.25, 0.3) is 0 Å². The summed E-state index contributed by atoms with van der Waals surface area (Å²) in [5.41, 5.74) is 7.87. The minimum atomic E-state index is 0. The molecule has 1 fully saturated rings. The van der Waals surface area contributed by atoms with Gasteiger partial charge in [-0.05, 0) is 24.1 Å². The molecule has 0 radical (unpaired) electrons. The van der Waals surface area contributed by atoms with Crippen LogP contribution in [-0.4, -0.2) is 31.2 Å². The Balaban J connectivity index is 0.00000128. The SMILES string of the molecule is CO[C@@H]1CCN(Cc2cccc(N)c2)C1.Cl. The van der Waals surface area contributed by atoms with Crippen molar-refractivity contribution in [1.82, 2.24) is 4.90 Å². The van der Waals surface area contributed by atoms with Crippen LogP contribution in [-0.2, 0) is 11.3 Å². The first-order valence-corrected chi connectivity index (χ1v) is 5.37. The van der Waals surface area contributed by atoms with E-state index in [9.17, 15) is 0 Å². The number of likely N-dealkylation sites (tertiary alicyclic amines) is 1. The Bertz CT molecular complexity index is 333. The summed E-state index contributed by atoms with van der Waals surface area (Å²) >= 11 is 0. The lowest BCUT2D eigenvalue weighted by Gasteiger charge is -2.15. The second-order valence-corrected chi connectivity index (χ2v) is 4.13. The predicted octanol–water partition coefficient (Wildman–Crippen LogP) is 1.91. The molecule has 1 atom stereocenters. The van der Waals surface area contributed by atoms with Crippen LogP contribution in [0.2, 0.25) is 0 Å². The topological polar surface area (TPSA) is 38.5 Å². The standard InChI is InChI=1S/C12H18N2O.ClH/c1-15-12-5-6-14(9-12)8-10-3-2-4-11(13)7-10;/h2-4,7,12H,5-6,8-9,13H2,1H3;1H/t12-;/m1./s1. The van der Waals surface area contributed by atoms with Crippen molar-refractivity contribution < 1.29 is 4.74 Å². The number of rotatable bonds is 3. The number of hydrogen-bond acceptors (Lipinski definition) is 3. The largest absolute Gasteiger partial charge is 0.399 e. The third kappa shape index (κ3) is 3.37. The Labute approximate surface area is 103 Å². The first-order chi connectivity index (χ1) is 7.28. The molecule has 0 aliphatic carbocycles. The highest BCUT2D eigenvalue weighted by atomic mass is 35.5. The summed E-state index contributed by atoms with van der Waals surface area (Å²) in [6.45, 7) is 3.13. The van der Waals surface area contributed by atoms with Crippen molar-refractivity contribution in [2.75, 3.05) is 25.9 Å². The molecule has 1 heterocycles. The Hall–Kier alpha value is -0.770. The van der Waals surface area contributed by atoms with E-state index in [1.807, 2.05) is 18.2 Å². The molecule has 4 heteroatoms. The molecule has 0 spiro atoms. The number of anilines is 1. The van der Waals surface area contributed by atoms with E-state index < -0.39 is 0 Å². The summed E-state index contributed by atoms with van der Waals surface area (Å²) in [5.74, 6) is 0. The van der Waals surface area contributed by atoms with Crippen LogP contribution in [0.25, 0.3) is 0 Å². The number of ether oxygens (including phenoxy) is 1. The monoisotopic (exact) mass is 242 g/mol. The van der Waals surface area contributed by atoms with Crippen LogP contribution < -0.4 is 5.73 Å². The van der Waals surface area contributed by atoms with E-state index in [1.54, 1.807) is 7.11 Å². The van der Waals surface area contributed by atoms with Gasteiger partial charge in [-0.25, -0.2) is 0 Å². The maximum atomic E-state index is 5.74. The molecule has 0 unspecified atom stereocenters. The number of nitrogens with zero attached hydrogens (tertiary/aromatic N) is 1. The van der Waals surface area contributed by atoms with Crippen molar-refractivity contribution in [1.29, 1.82) is 0 Å². The highest BCUT2D eigenvalue weighted by Crippen LogP contribution is 2.16. The van der Waals surface area contributed by atoms with Gasteiger partial charge in [-0.3, -0.25) is 4.90 Å². The maximum Gasteiger partial charge on any atom is 0.0710 e. The molecule has 2 rings (SSSR count). The summed E-state index contributed by atoms with van der Waals surface area (Å²) in [6.07, 6.45) is 1.55. The molecule has 0 bridgehead atoms. The fourth-order valence-corrected chi connectivity index (χ4v) is 2.08. The fraction of sp³-hybridized carbons (Fsp3) is 0.500. The summed E-state index contributed by atoms with van der Waals surface area (Å²) in [7, 11) is 1.79. The molecule has 0 saturated carbocycles. The van der Waals surface area contributed by atoms with Crippen LogP contribution >= 0.6 is 12.4 Å². The molecule has 1 aromatic rings. The van der Waals surface area contributed by atoms with E-state index in [1.165, 1.54) is 5.56 Å². The third-order valence-electron chi connectivity index (χ3n) is 2.92. The van der Waals surface area contributed by atoms with Gasteiger partial charge in [-0.1, -0.05) is 12.1 Å². The van der Waals surface area contributed by atoms with E-state index >= 15 is 0 Å². The van der Waals surface area contributed by atoms with Crippen LogP contribution in [0.15, 0.2) is 24.3 Å². The molecular weight excluding hydrogens is 224 g/mol. The molecular formula is C12H19ClN2O. The summed E-state index contributed by atoms with van der Waals surface area (Å²) in [6, 6.07) is 8.09. The van der Waals surface area contributed by atoms with Gasteiger partial charge in [0.05, 0.1) is 6.10 Å². The van der Waals surface area contributed by atoms with Gasteiger partial charge in [-0.2, -0.15) is 0 Å². The molecule has 16 heavy (non-hydrogen) atoms. The zero-order chi connectivity index (χ0) is 10.7. The van der Waals surface area contributed by atoms with Gasteiger partial charge in [0.15, 0.2) is 0 Å². The van der Waals surface area contributed by atoms with Gasteiger partial charge in [0, 0.05) is 32.4 Å². The van der Waals surface area contributed by atoms with Gasteiger partial charge in [0.1, 0.15) is 0 Å². The first-order valence-electron chi connectivity index (χ1n) is 5.37. The lowest BCUT2D eigenvalue weighted by atomic mass is 10.2. The van der Waals surface area contributed by atoms with Crippen molar-refractivity contribution in [3.05, 3.63) is 29.8 Å². The minimum absolute atomic E-state index is 0. The Kier molecular flexibility index (Phi) is 5.06. The van der Waals surface area contributed by atoms with Crippen molar-refractivity contribution in [2.45, 2.75) is 19.1 Å². The van der Waals surface area contributed by atoms with Crippen LogP contribution in [0.5, 0.6) is 0 Å². The molecule has 1 aromatic carbocycles. The van der Waals surface area contributed by atoms with Gasteiger partial charge in [0.2, 0.25) is 0 Å². The van der Waals surface area contributed by atoms with E-state index in [4.69, 9.17) is 10.5 Å². The molecule has 0 aromatic heterocycles. The zero-order valence-corrected chi connectivity index (χ0v) is 10.4. The number of nitrogen functional groups attached to an aromatic ring is 1. The zero-order valence-electron chi connectivity index (χ0n) is 9.56. The smallest absolute Gasteiger partial charge is 0.0710 e. The molecule has 90 valence electrons. The van der Waals surface area contributed by atoms with Crippen LogP contribution in [0.3, 0.4) is 0 Å². The van der Waals surface area contributed by atoms with Gasteiger partial charge in [-0.15, -0.1) is 12.4 Å². The molecule has 1 saturated heterocycles. The molecule has 3 nitrogen and oxygen atoms in total. The number of methoxy groups -OCH3 is 1. The fourth-order valence-electron chi connectivity index (χ4n) is 2.08. The second-order valence-electron chi connectivity index (χ2n) is 4.13. The molecule has 1 aliphatic rings. The number of nitrogens with two attached hydrogens (primary N) is 1. The predicted molar refractivity (Wildman–Crippen MR) is 68.8 cm³/mol. The lowest BCUT2D eigenvalue weighted by molar-refractivity contribution is 0.107. The summed E-state index contributed by atoms with van der Waals surface area (Å²) in [4.78, 5) is 2.41. The van der Waals surface area contributed by atoms with E-state index in [2.05, 4.69) is 11.0 Å². The third-order valence-corrected chi connectivity index (χ3v) is 2.92. The highest BCUT2D eigenvalue weighted by Gasteiger charge is 2.21. The molecule has 1 aliphatic heterocycles. The molecule has 0 amide bonds. The van der Waals surface area contributed by atoms with Crippen LogP contribution in [0.1, 0.15) is 12.0 Å². The van der Waals surface area contributed by atoms with Crippen molar-refractivity contribution >= 4 is 18.1 Å². The van der Waals surface area contributed by atoms with E-state index in [0.29, 0.717) is 6.10 Å². The van der Waals surface area contributed by atoms with Crippen molar-refractivity contribution in [3.8, 4) is 0 Å². The number of halogens is 1. The summed E-state index contributed by atoms with van der Waals surface area (Å²) in [5, 5.41) is 0. The highest BCUT2D eigenvalue weighted by molar-refractivity contribution is 5.85.